The molecule has 76 valence electrons. The molecule has 0 saturated carbocycles. The Bertz CT molecular complexity index is 295. The van der Waals surface area contributed by atoms with E-state index in [1.54, 1.807) is 11.8 Å². The first-order valence-electron chi connectivity index (χ1n) is 4.71. The minimum absolute atomic E-state index is 0.202. The number of hydrogen-bond donors (Lipinski definition) is 0. The summed E-state index contributed by atoms with van der Waals surface area (Å²) in [5, 5.41) is 0. The van der Waals surface area contributed by atoms with Gasteiger partial charge in [-0.15, -0.1) is 11.8 Å². The number of carbonyl (C=O) groups excluding carboxylic acids is 1. The van der Waals surface area contributed by atoms with E-state index < -0.39 is 0 Å². The van der Waals surface area contributed by atoms with E-state index in [0.29, 0.717) is 5.75 Å². The maximum absolute atomic E-state index is 10.2. The zero-order chi connectivity index (χ0) is 10.6. The average Bonchev–Trinajstić information content (AvgIpc) is 2.14. The van der Waals surface area contributed by atoms with Gasteiger partial charge in [0.15, 0.2) is 0 Å². The Morgan fingerprint density at radius 3 is 2.21 bits per heavy atom. The van der Waals surface area contributed by atoms with Gasteiger partial charge in [0.1, 0.15) is 6.29 Å². The Morgan fingerprint density at radius 1 is 1.21 bits per heavy atom. The van der Waals surface area contributed by atoms with E-state index >= 15 is 0 Å². The first kappa shape index (κ1) is 11.3. The van der Waals surface area contributed by atoms with Crippen molar-refractivity contribution < 1.29 is 4.79 Å². The second kappa shape index (κ2) is 4.65. The summed E-state index contributed by atoms with van der Waals surface area (Å²) in [6, 6.07) is 8.42. The number of thioether (sulfide) groups is 1. The third-order valence-electron chi connectivity index (χ3n) is 2.04. The van der Waals surface area contributed by atoms with Crippen molar-refractivity contribution in [1.82, 2.24) is 0 Å². The predicted molar refractivity (Wildman–Crippen MR) is 61.9 cm³/mol. The summed E-state index contributed by atoms with van der Waals surface area (Å²) >= 11 is 1.57. The van der Waals surface area contributed by atoms with E-state index in [4.69, 9.17) is 0 Å². The summed E-state index contributed by atoms with van der Waals surface area (Å²) in [7, 11) is 0. The van der Waals surface area contributed by atoms with Crippen LogP contribution in [-0.4, -0.2) is 12.0 Å². The van der Waals surface area contributed by atoms with Crippen LogP contribution in [0.1, 0.15) is 26.3 Å². The molecule has 0 aliphatic heterocycles. The fraction of sp³-hybridized carbons (Fsp3) is 0.417. The van der Waals surface area contributed by atoms with Crippen LogP contribution in [-0.2, 0) is 10.2 Å². The lowest BCUT2D eigenvalue weighted by Crippen LogP contribution is -2.10. The van der Waals surface area contributed by atoms with Crippen molar-refractivity contribution in [2.24, 2.45) is 0 Å². The van der Waals surface area contributed by atoms with Crippen molar-refractivity contribution in [3.8, 4) is 0 Å². The quantitative estimate of drug-likeness (QED) is 0.560. The molecule has 0 heterocycles. The molecule has 0 amide bonds. The van der Waals surface area contributed by atoms with Gasteiger partial charge in [0.25, 0.3) is 0 Å². The molecule has 0 fully saturated rings. The van der Waals surface area contributed by atoms with Gasteiger partial charge in [0.05, 0.1) is 5.75 Å². The van der Waals surface area contributed by atoms with Crippen LogP contribution in [0.4, 0.5) is 0 Å². The Kier molecular flexibility index (Phi) is 3.76. The van der Waals surface area contributed by atoms with E-state index in [-0.39, 0.29) is 5.41 Å². The normalized spacial score (nSPS) is 11.4. The molecule has 0 atom stereocenters. The first-order valence-corrected chi connectivity index (χ1v) is 5.69. The standard InChI is InChI=1S/C12H16OS/c1-12(2,3)10-4-6-11(7-5-10)14-9-8-13/h4-8H,9H2,1-3H3. The third kappa shape index (κ3) is 3.18. The maximum Gasteiger partial charge on any atom is 0.130 e. The lowest BCUT2D eigenvalue weighted by molar-refractivity contribution is -0.105. The lowest BCUT2D eigenvalue weighted by Gasteiger charge is -2.18. The fourth-order valence-corrected chi connectivity index (χ4v) is 1.77. The predicted octanol–water partition coefficient (Wildman–Crippen LogP) is 3.28. The molecule has 2 heteroatoms. The smallest absolute Gasteiger partial charge is 0.130 e. The highest BCUT2D eigenvalue weighted by atomic mass is 32.2. The van der Waals surface area contributed by atoms with Crippen molar-refractivity contribution >= 4 is 18.0 Å². The van der Waals surface area contributed by atoms with Gasteiger partial charge in [-0.1, -0.05) is 32.9 Å². The van der Waals surface area contributed by atoms with Crippen molar-refractivity contribution in [2.75, 3.05) is 5.75 Å². The lowest BCUT2D eigenvalue weighted by atomic mass is 9.87. The molecule has 0 spiro atoms. The second-order valence-corrected chi connectivity index (χ2v) is 5.35. The van der Waals surface area contributed by atoms with Crippen LogP contribution in [0, 0.1) is 0 Å². The average molecular weight is 208 g/mol. The zero-order valence-electron chi connectivity index (χ0n) is 8.91. The van der Waals surface area contributed by atoms with Gasteiger partial charge in [-0.2, -0.15) is 0 Å². The van der Waals surface area contributed by atoms with E-state index in [2.05, 4.69) is 45.0 Å². The van der Waals surface area contributed by atoms with Gasteiger partial charge in [0, 0.05) is 4.90 Å². The van der Waals surface area contributed by atoms with Crippen LogP contribution in [0.3, 0.4) is 0 Å². The second-order valence-electron chi connectivity index (χ2n) is 4.25. The summed E-state index contributed by atoms with van der Waals surface area (Å²) in [6.07, 6.45) is 0.933. The minimum Gasteiger partial charge on any atom is -0.302 e. The Hall–Kier alpha value is -0.760. The summed E-state index contributed by atoms with van der Waals surface area (Å²) in [6.45, 7) is 6.59. The van der Waals surface area contributed by atoms with E-state index in [0.717, 1.165) is 11.2 Å². The largest absolute Gasteiger partial charge is 0.302 e. The molecule has 0 aromatic heterocycles. The van der Waals surface area contributed by atoms with Crippen molar-refractivity contribution in [2.45, 2.75) is 31.1 Å². The molecule has 0 radical (unpaired) electrons. The Balaban J connectivity index is 2.73. The number of rotatable bonds is 3. The maximum atomic E-state index is 10.2. The fourth-order valence-electron chi connectivity index (χ4n) is 1.18. The van der Waals surface area contributed by atoms with E-state index in [1.165, 1.54) is 5.56 Å². The number of carbonyl (C=O) groups is 1. The monoisotopic (exact) mass is 208 g/mol. The molecule has 1 aromatic carbocycles. The van der Waals surface area contributed by atoms with Crippen LogP contribution < -0.4 is 0 Å². The molecule has 0 N–H and O–H groups in total. The van der Waals surface area contributed by atoms with Gasteiger partial charge in [-0.3, -0.25) is 0 Å². The molecule has 0 saturated heterocycles. The van der Waals surface area contributed by atoms with Crippen molar-refractivity contribution in [3.63, 3.8) is 0 Å². The van der Waals surface area contributed by atoms with Crippen LogP contribution in [0.5, 0.6) is 0 Å². The number of hydrogen-bond acceptors (Lipinski definition) is 2. The van der Waals surface area contributed by atoms with Crippen molar-refractivity contribution in [1.29, 1.82) is 0 Å². The molecule has 0 aliphatic rings. The van der Waals surface area contributed by atoms with Gasteiger partial charge < -0.3 is 4.79 Å². The molecular formula is C12H16OS. The molecule has 14 heavy (non-hydrogen) atoms. The summed E-state index contributed by atoms with van der Waals surface area (Å²) in [5.41, 5.74) is 1.53. The Morgan fingerprint density at radius 2 is 1.79 bits per heavy atom. The molecule has 0 aliphatic carbocycles. The van der Waals surface area contributed by atoms with Crippen LogP contribution in [0.2, 0.25) is 0 Å². The summed E-state index contributed by atoms with van der Waals surface area (Å²) in [5.74, 6) is 0.537. The molecule has 0 bridgehead atoms. The highest BCUT2D eigenvalue weighted by Gasteiger charge is 2.12. The van der Waals surface area contributed by atoms with Crippen LogP contribution in [0.15, 0.2) is 29.2 Å². The van der Waals surface area contributed by atoms with E-state index in [1.807, 2.05) is 0 Å². The highest BCUT2D eigenvalue weighted by molar-refractivity contribution is 7.99. The minimum atomic E-state index is 0.202. The number of benzene rings is 1. The topological polar surface area (TPSA) is 17.1 Å². The SMILES string of the molecule is CC(C)(C)c1ccc(SCC=O)cc1. The molecule has 1 rings (SSSR count). The summed E-state index contributed by atoms with van der Waals surface area (Å²) in [4.78, 5) is 11.3. The van der Waals surface area contributed by atoms with Gasteiger partial charge in [-0.25, -0.2) is 0 Å². The first-order chi connectivity index (χ1) is 6.54. The van der Waals surface area contributed by atoms with Crippen LogP contribution in [0.25, 0.3) is 0 Å². The van der Waals surface area contributed by atoms with Gasteiger partial charge in [-0.05, 0) is 23.1 Å². The van der Waals surface area contributed by atoms with Gasteiger partial charge >= 0.3 is 0 Å². The molecule has 0 unspecified atom stereocenters. The summed E-state index contributed by atoms with van der Waals surface area (Å²) < 4.78 is 0. The Labute approximate surface area is 89.9 Å². The molecule has 1 nitrogen and oxygen atoms in total. The number of aldehydes is 1. The van der Waals surface area contributed by atoms with Crippen molar-refractivity contribution in [3.05, 3.63) is 29.8 Å². The van der Waals surface area contributed by atoms with Gasteiger partial charge in [0.2, 0.25) is 0 Å². The third-order valence-corrected chi connectivity index (χ3v) is 2.95. The molecular weight excluding hydrogens is 192 g/mol. The van der Waals surface area contributed by atoms with Crippen LogP contribution >= 0.6 is 11.8 Å². The zero-order valence-corrected chi connectivity index (χ0v) is 9.73. The highest BCUT2D eigenvalue weighted by Crippen LogP contribution is 2.25. The molecule has 1 aromatic rings. The van der Waals surface area contributed by atoms with E-state index in [9.17, 15) is 4.79 Å².